The third-order valence-electron chi connectivity index (χ3n) is 7.75. The highest BCUT2D eigenvalue weighted by molar-refractivity contribution is 6.62. The number of H-pyrrole nitrogens is 1. The first-order chi connectivity index (χ1) is 17.0. The number of hydrogen-bond donors (Lipinski definition) is 1. The van der Waals surface area contributed by atoms with Crippen LogP contribution >= 0.6 is 0 Å². The number of amides is 1. The van der Waals surface area contributed by atoms with Gasteiger partial charge in [0.15, 0.2) is 0 Å². The van der Waals surface area contributed by atoms with Crippen LogP contribution in [-0.4, -0.2) is 44.0 Å². The highest BCUT2D eigenvalue weighted by atomic mass is 19.1. The van der Waals surface area contributed by atoms with Crippen LogP contribution in [0.1, 0.15) is 61.0 Å². The monoisotopic (exact) mass is 487 g/mol. The third kappa shape index (κ3) is 3.17. The van der Waals surface area contributed by atoms with E-state index in [4.69, 9.17) is 9.31 Å². The van der Waals surface area contributed by atoms with Gasteiger partial charge in [0.2, 0.25) is 0 Å². The number of nitrogens with one attached hydrogen (secondary N) is 1. The van der Waals surface area contributed by atoms with Gasteiger partial charge in [-0.05, 0) is 64.3 Å². The van der Waals surface area contributed by atoms with Gasteiger partial charge in [0.1, 0.15) is 11.5 Å². The van der Waals surface area contributed by atoms with Gasteiger partial charge in [0, 0.05) is 23.9 Å². The predicted molar refractivity (Wildman–Crippen MR) is 135 cm³/mol. The Hall–Kier alpha value is -3.50. The van der Waals surface area contributed by atoms with E-state index in [0.717, 1.165) is 11.0 Å². The average molecular weight is 487 g/mol. The number of carbonyl (C=O) groups excluding carboxylic acids is 1. The van der Waals surface area contributed by atoms with Crippen molar-refractivity contribution in [3.05, 3.63) is 71.1 Å². The van der Waals surface area contributed by atoms with Crippen LogP contribution in [0.5, 0.6) is 0 Å². The summed E-state index contributed by atoms with van der Waals surface area (Å²) in [5.41, 5.74) is 3.95. The molecule has 0 saturated carbocycles. The zero-order valence-electron chi connectivity index (χ0n) is 21.1. The van der Waals surface area contributed by atoms with E-state index >= 15 is 4.39 Å². The summed E-state index contributed by atoms with van der Waals surface area (Å²) in [6.07, 6.45) is 1.61. The molecule has 2 aliphatic heterocycles. The van der Waals surface area contributed by atoms with Gasteiger partial charge in [-0.3, -0.25) is 14.4 Å². The molecule has 1 fully saturated rings. The van der Waals surface area contributed by atoms with Gasteiger partial charge in [-0.1, -0.05) is 12.1 Å². The molecule has 1 unspecified atom stereocenters. The number of carbonyl (C=O) groups is 1. The minimum absolute atomic E-state index is 0.234. The van der Waals surface area contributed by atoms with E-state index in [2.05, 4.69) is 15.1 Å². The Morgan fingerprint density at radius 3 is 2.50 bits per heavy atom. The van der Waals surface area contributed by atoms with Crippen molar-refractivity contribution >= 4 is 35.2 Å². The fourth-order valence-corrected chi connectivity index (χ4v) is 5.14. The van der Waals surface area contributed by atoms with Gasteiger partial charge in [0.05, 0.1) is 40.3 Å². The SMILES string of the molecule is Cc1nn(C)c2c1C(c1ccc(B3OC(C)(C)C(C)(C)O3)cc1F)N(c1ccc3[nH]cnc3c1)C2=O. The normalized spacial score (nSPS) is 20.5. The predicted octanol–water partition coefficient (Wildman–Crippen LogP) is 3.79. The highest BCUT2D eigenvalue weighted by Crippen LogP contribution is 2.44. The lowest BCUT2D eigenvalue weighted by Gasteiger charge is -2.32. The van der Waals surface area contributed by atoms with Crippen molar-refractivity contribution in [2.75, 3.05) is 4.90 Å². The van der Waals surface area contributed by atoms with E-state index < -0.39 is 30.2 Å². The van der Waals surface area contributed by atoms with Crippen LogP contribution in [0.2, 0.25) is 0 Å². The van der Waals surface area contributed by atoms with Gasteiger partial charge in [0.25, 0.3) is 5.91 Å². The minimum Gasteiger partial charge on any atom is -0.399 e. The van der Waals surface area contributed by atoms with E-state index in [1.165, 1.54) is 6.07 Å². The maximum absolute atomic E-state index is 15.9. The molecule has 8 nitrogen and oxygen atoms in total. The lowest BCUT2D eigenvalue weighted by Crippen LogP contribution is -2.41. The first-order valence-corrected chi connectivity index (χ1v) is 11.9. The number of aromatic amines is 1. The molecule has 0 radical (unpaired) electrons. The van der Waals surface area contributed by atoms with Crippen molar-refractivity contribution < 1.29 is 18.5 Å². The standard InChI is InChI=1S/C26H27BFN5O3/c1-14-21-22(17-9-7-15(11-18(17)28)27-35-25(2,3)26(4,5)36-27)33(24(34)23(21)32(6)31-14)16-8-10-19-20(12-16)30-13-29-19/h7-13,22H,1-6H3,(H,29,30). The molecule has 2 aromatic carbocycles. The van der Waals surface area contributed by atoms with Crippen LogP contribution in [0, 0.1) is 12.7 Å². The second kappa shape index (κ2) is 7.50. The lowest BCUT2D eigenvalue weighted by molar-refractivity contribution is 0.00578. The number of anilines is 1. The number of aromatic nitrogens is 4. The van der Waals surface area contributed by atoms with Crippen LogP contribution in [0.15, 0.2) is 42.7 Å². The second-order valence-electron chi connectivity index (χ2n) is 10.5. The molecule has 36 heavy (non-hydrogen) atoms. The molecule has 0 spiro atoms. The van der Waals surface area contributed by atoms with Crippen LogP contribution in [0.4, 0.5) is 10.1 Å². The number of aryl methyl sites for hydroxylation is 2. The first-order valence-electron chi connectivity index (χ1n) is 11.9. The van der Waals surface area contributed by atoms with E-state index in [1.807, 2.05) is 58.9 Å². The summed E-state index contributed by atoms with van der Waals surface area (Å²) in [6.45, 7) is 9.69. The summed E-state index contributed by atoms with van der Waals surface area (Å²) < 4.78 is 29.7. The van der Waals surface area contributed by atoms with Gasteiger partial charge in [-0.15, -0.1) is 0 Å². The molecule has 1 N–H and O–H groups in total. The number of benzene rings is 2. The fraction of sp³-hybridized carbons (Fsp3) is 0.346. The third-order valence-corrected chi connectivity index (χ3v) is 7.75. The molecule has 10 heteroatoms. The number of fused-ring (bicyclic) bond motifs is 2. The molecule has 0 bridgehead atoms. The Kier molecular flexibility index (Phi) is 4.78. The Labute approximate surface area is 208 Å². The number of nitrogens with zero attached hydrogens (tertiary/aromatic N) is 4. The second-order valence-corrected chi connectivity index (χ2v) is 10.5. The maximum atomic E-state index is 15.9. The van der Waals surface area contributed by atoms with Crippen molar-refractivity contribution in [2.45, 2.75) is 51.9 Å². The highest BCUT2D eigenvalue weighted by Gasteiger charge is 2.52. The fourth-order valence-electron chi connectivity index (χ4n) is 5.14. The molecule has 2 aliphatic rings. The van der Waals surface area contributed by atoms with Gasteiger partial charge in [-0.2, -0.15) is 5.10 Å². The van der Waals surface area contributed by atoms with Gasteiger partial charge >= 0.3 is 7.12 Å². The summed E-state index contributed by atoms with van der Waals surface area (Å²) >= 11 is 0. The molecule has 2 aromatic heterocycles. The first kappa shape index (κ1) is 22.9. The van der Waals surface area contributed by atoms with Crippen LogP contribution < -0.4 is 10.4 Å². The molecule has 0 aliphatic carbocycles. The van der Waals surface area contributed by atoms with Crippen molar-refractivity contribution in [1.82, 2.24) is 19.7 Å². The minimum atomic E-state index is -0.683. The summed E-state index contributed by atoms with van der Waals surface area (Å²) in [4.78, 5) is 22.7. The summed E-state index contributed by atoms with van der Waals surface area (Å²) in [5.74, 6) is -0.676. The number of halogens is 1. The van der Waals surface area contributed by atoms with Crippen LogP contribution in [-0.2, 0) is 16.4 Å². The average Bonchev–Trinajstić information content (AvgIpc) is 3.51. The molecule has 1 amide bonds. The zero-order chi connectivity index (χ0) is 25.6. The molecular weight excluding hydrogens is 460 g/mol. The number of imidazole rings is 1. The number of hydrogen-bond acceptors (Lipinski definition) is 5. The van der Waals surface area contributed by atoms with E-state index in [-0.39, 0.29) is 5.91 Å². The van der Waals surface area contributed by atoms with E-state index in [9.17, 15) is 4.79 Å². The van der Waals surface area contributed by atoms with Crippen molar-refractivity contribution in [3.8, 4) is 0 Å². The molecule has 4 heterocycles. The zero-order valence-corrected chi connectivity index (χ0v) is 21.1. The Bertz CT molecular complexity index is 1530. The van der Waals surface area contributed by atoms with Gasteiger partial charge < -0.3 is 14.3 Å². The molecule has 1 saturated heterocycles. The van der Waals surface area contributed by atoms with Crippen molar-refractivity contribution in [1.29, 1.82) is 0 Å². The molecular formula is C26H27BFN5O3. The largest absolute Gasteiger partial charge is 0.494 e. The van der Waals surface area contributed by atoms with E-state index in [0.29, 0.717) is 33.7 Å². The quantitative estimate of drug-likeness (QED) is 0.445. The maximum Gasteiger partial charge on any atom is 0.494 e. The Morgan fingerprint density at radius 1 is 1.08 bits per heavy atom. The summed E-state index contributed by atoms with van der Waals surface area (Å²) in [5, 5.41) is 4.46. The van der Waals surface area contributed by atoms with Gasteiger partial charge in [-0.25, -0.2) is 9.37 Å². The summed E-state index contributed by atoms with van der Waals surface area (Å²) in [7, 11) is 1.05. The summed E-state index contributed by atoms with van der Waals surface area (Å²) in [6, 6.07) is 9.84. The molecule has 6 rings (SSSR count). The molecule has 4 aromatic rings. The molecule has 184 valence electrons. The molecule has 1 atom stereocenters. The Morgan fingerprint density at radius 2 is 1.81 bits per heavy atom. The Balaban J connectivity index is 1.46. The topological polar surface area (TPSA) is 85.3 Å². The smallest absolute Gasteiger partial charge is 0.399 e. The van der Waals surface area contributed by atoms with Crippen molar-refractivity contribution in [2.24, 2.45) is 7.05 Å². The number of rotatable bonds is 3. The van der Waals surface area contributed by atoms with Crippen LogP contribution in [0.3, 0.4) is 0 Å². The van der Waals surface area contributed by atoms with E-state index in [1.54, 1.807) is 29.0 Å². The lowest BCUT2D eigenvalue weighted by atomic mass is 9.78. The van der Waals surface area contributed by atoms with Crippen LogP contribution in [0.25, 0.3) is 11.0 Å². The van der Waals surface area contributed by atoms with Crippen molar-refractivity contribution in [3.63, 3.8) is 0 Å².